The number of rotatable bonds is 9. The minimum absolute atomic E-state index is 0.0706. The van der Waals surface area contributed by atoms with E-state index in [1.54, 1.807) is 12.1 Å². The quantitative estimate of drug-likeness (QED) is 0.156. The predicted molar refractivity (Wildman–Crippen MR) is 136 cm³/mol. The van der Waals surface area contributed by atoms with E-state index in [0.29, 0.717) is 0 Å². The van der Waals surface area contributed by atoms with Crippen LogP contribution in [0.1, 0.15) is 29.3 Å². The lowest BCUT2D eigenvalue weighted by Crippen LogP contribution is -2.64. The molecule has 2 aliphatic rings. The van der Waals surface area contributed by atoms with Crippen LogP contribution >= 0.6 is 0 Å². The number of carbonyl (C=O) groups excluding carboxylic acids is 1. The summed E-state index contributed by atoms with van der Waals surface area (Å²) in [5.41, 5.74) is 0.385. The van der Waals surface area contributed by atoms with Gasteiger partial charge in [-0.2, -0.15) is 0 Å². The van der Waals surface area contributed by atoms with Crippen LogP contribution in [0, 0.1) is 0 Å². The van der Waals surface area contributed by atoms with E-state index in [1.807, 2.05) is 0 Å². The average molecular weight is 583 g/mol. The van der Waals surface area contributed by atoms with E-state index < -0.39 is 85.3 Å². The van der Waals surface area contributed by atoms with Gasteiger partial charge >= 0.3 is 0 Å². The Morgan fingerprint density at radius 3 is 2.07 bits per heavy atom. The molecule has 14 heteroatoms. The number of phenolic OH excluding ortho intramolecular Hbond substituents is 3. The number of aliphatic hydroxyl groups excluding tert-OH is 6. The number of ketones is 1. The van der Waals surface area contributed by atoms with Gasteiger partial charge in [0.15, 0.2) is 18.2 Å². The van der Waals surface area contributed by atoms with Crippen molar-refractivity contribution in [2.24, 2.45) is 0 Å². The molecule has 41 heavy (non-hydrogen) atoms. The van der Waals surface area contributed by atoms with Crippen LogP contribution in [0.15, 0.2) is 36.4 Å². The largest absolute Gasteiger partial charge is 0.508 e. The van der Waals surface area contributed by atoms with Crippen LogP contribution in [0.25, 0.3) is 0 Å². The molecule has 0 aromatic heterocycles. The van der Waals surface area contributed by atoms with E-state index in [1.165, 1.54) is 19.1 Å². The summed E-state index contributed by atoms with van der Waals surface area (Å²) >= 11 is 0. The molecule has 0 spiro atoms. The lowest BCUT2D eigenvalue weighted by molar-refractivity contribution is -0.354. The summed E-state index contributed by atoms with van der Waals surface area (Å²) in [7, 11) is 0. The van der Waals surface area contributed by atoms with Crippen LogP contribution in [0.5, 0.6) is 23.0 Å². The number of hydrogen-bond donors (Lipinski definition) is 9. The average Bonchev–Trinajstić information content (AvgIpc) is 2.93. The molecule has 0 bridgehead atoms. The van der Waals surface area contributed by atoms with Crippen LogP contribution in [0.2, 0.25) is 0 Å². The van der Waals surface area contributed by atoms with E-state index in [2.05, 4.69) is 0 Å². The molecule has 9 N–H and O–H groups in total. The van der Waals surface area contributed by atoms with Crippen molar-refractivity contribution in [3.05, 3.63) is 47.5 Å². The second-order valence-corrected chi connectivity index (χ2v) is 10.0. The van der Waals surface area contributed by atoms with Gasteiger partial charge in [0, 0.05) is 18.6 Å². The van der Waals surface area contributed by atoms with Crippen LogP contribution in [-0.2, 0) is 20.6 Å². The molecule has 0 aliphatic carbocycles. The SMILES string of the molecule is C[C@@H]1O[C@@H](O[C@@H]2[C@@H](Oc3cc(O)c(C(=O)CCc4ccc(O)cc4)c(O)c3)O[C@@H](CO)[C@@H](O)[C@H]2O)[C@H](O)[C@H](O)[C@H]1O. The van der Waals surface area contributed by atoms with Crippen LogP contribution < -0.4 is 4.74 Å². The van der Waals surface area contributed by atoms with Gasteiger partial charge in [-0.15, -0.1) is 0 Å². The first-order valence-corrected chi connectivity index (χ1v) is 12.9. The van der Waals surface area contributed by atoms with Crippen molar-refractivity contribution in [1.29, 1.82) is 0 Å². The summed E-state index contributed by atoms with van der Waals surface area (Å²) in [6, 6.07) is 8.22. The molecule has 10 atom stereocenters. The van der Waals surface area contributed by atoms with Crippen molar-refractivity contribution in [3.63, 3.8) is 0 Å². The van der Waals surface area contributed by atoms with Gasteiger partial charge in [0.2, 0.25) is 6.29 Å². The highest BCUT2D eigenvalue weighted by atomic mass is 16.8. The molecule has 2 aromatic carbocycles. The van der Waals surface area contributed by atoms with Crippen LogP contribution in [0.4, 0.5) is 0 Å². The van der Waals surface area contributed by atoms with E-state index in [-0.39, 0.29) is 29.9 Å². The Labute approximate surface area is 234 Å². The van der Waals surface area contributed by atoms with Crippen molar-refractivity contribution < 1.29 is 69.7 Å². The molecule has 4 rings (SSSR count). The molecule has 2 aromatic rings. The Kier molecular flexibility index (Phi) is 9.69. The monoisotopic (exact) mass is 582 g/mol. The number of hydrogen-bond acceptors (Lipinski definition) is 14. The first-order valence-electron chi connectivity index (χ1n) is 12.9. The summed E-state index contributed by atoms with van der Waals surface area (Å²) in [4.78, 5) is 12.7. The maximum absolute atomic E-state index is 12.7. The minimum Gasteiger partial charge on any atom is -0.508 e. The van der Waals surface area contributed by atoms with Crippen molar-refractivity contribution in [2.45, 2.75) is 81.2 Å². The standard InChI is InChI=1S/C27H34O14/c1-11-20(33)22(35)24(37)26(38-11)41-25-23(36)21(34)18(10-28)40-27(25)39-14-8-16(31)19(17(32)9-14)15(30)7-4-12-2-5-13(29)6-3-12/h2-3,5-6,8-9,11,18,20-29,31-37H,4,7,10H2,1H3/t11-,18-,20-,21+,22+,23+,24+,25-,26-,27-/m0/s1. The van der Waals surface area contributed by atoms with Crippen molar-refractivity contribution in [3.8, 4) is 23.0 Å². The van der Waals surface area contributed by atoms with Gasteiger partial charge in [0.05, 0.1) is 12.7 Å². The van der Waals surface area contributed by atoms with Gasteiger partial charge in [-0.05, 0) is 31.0 Å². The molecule has 2 fully saturated rings. The highest BCUT2D eigenvalue weighted by Gasteiger charge is 2.51. The molecule has 2 saturated heterocycles. The Morgan fingerprint density at radius 2 is 1.46 bits per heavy atom. The number of ether oxygens (including phenoxy) is 4. The first-order chi connectivity index (χ1) is 19.4. The van der Waals surface area contributed by atoms with Crippen LogP contribution in [0.3, 0.4) is 0 Å². The molecular weight excluding hydrogens is 548 g/mol. The van der Waals surface area contributed by atoms with Gasteiger partial charge in [-0.3, -0.25) is 4.79 Å². The molecule has 2 heterocycles. The van der Waals surface area contributed by atoms with E-state index in [0.717, 1.165) is 17.7 Å². The third-order valence-corrected chi connectivity index (χ3v) is 7.10. The van der Waals surface area contributed by atoms with Gasteiger partial charge in [-0.1, -0.05) is 12.1 Å². The molecule has 226 valence electrons. The van der Waals surface area contributed by atoms with Gasteiger partial charge < -0.3 is 64.9 Å². The molecule has 0 unspecified atom stereocenters. The molecule has 2 aliphatic heterocycles. The second-order valence-electron chi connectivity index (χ2n) is 10.0. The van der Waals surface area contributed by atoms with Gasteiger partial charge in [0.1, 0.15) is 65.2 Å². The Morgan fingerprint density at radius 1 is 0.829 bits per heavy atom. The van der Waals surface area contributed by atoms with Crippen LogP contribution in [-0.4, -0.2) is 120 Å². The number of aliphatic hydroxyl groups is 6. The number of carbonyl (C=O) groups is 1. The van der Waals surface area contributed by atoms with E-state index >= 15 is 0 Å². The zero-order valence-electron chi connectivity index (χ0n) is 21.9. The fraction of sp³-hybridized carbons (Fsp3) is 0.519. The van der Waals surface area contributed by atoms with Crippen molar-refractivity contribution in [2.75, 3.05) is 6.61 Å². The number of benzene rings is 2. The maximum Gasteiger partial charge on any atom is 0.229 e. The molecule has 14 nitrogen and oxygen atoms in total. The second kappa shape index (κ2) is 12.9. The zero-order chi connectivity index (χ0) is 30.0. The number of Topliss-reactive ketones (excluding diaryl/α,β-unsaturated/α-hetero) is 1. The Hall–Kier alpha value is -3.05. The fourth-order valence-corrected chi connectivity index (χ4v) is 4.70. The molecular formula is C27H34O14. The van der Waals surface area contributed by atoms with Gasteiger partial charge in [0.25, 0.3) is 0 Å². The highest BCUT2D eigenvalue weighted by Crippen LogP contribution is 2.36. The van der Waals surface area contributed by atoms with Crippen molar-refractivity contribution in [1.82, 2.24) is 0 Å². The smallest absolute Gasteiger partial charge is 0.229 e. The highest BCUT2D eigenvalue weighted by molar-refractivity contribution is 6.01. The predicted octanol–water partition coefficient (Wildman–Crippen LogP) is -1.35. The summed E-state index contributed by atoms with van der Waals surface area (Å²) in [5.74, 6) is -2.00. The number of phenols is 3. The fourth-order valence-electron chi connectivity index (χ4n) is 4.70. The lowest BCUT2D eigenvalue weighted by atomic mass is 9.97. The van der Waals surface area contributed by atoms with Gasteiger partial charge in [-0.25, -0.2) is 0 Å². The maximum atomic E-state index is 12.7. The van der Waals surface area contributed by atoms with E-state index in [4.69, 9.17) is 18.9 Å². The zero-order valence-corrected chi connectivity index (χ0v) is 21.9. The lowest BCUT2D eigenvalue weighted by Gasteiger charge is -2.45. The van der Waals surface area contributed by atoms with E-state index in [9.17, 15) is 50.8 Å². The minimum atomic E-state index is -1.77. The normalized spacial score (nSPS) is 33.8. The summed E-state index contributed by atoms with van der Waals surface area (Å²) in [5, 5.41) is 91.5. The summed E-state index contributed by atoms with van der Waals surface area (Å²) in [6.45, 7) is 0.675. The van der Waals surface area contributed by atoms with Crippen molar-refractivity contribution >= 4 is 5.78 Å². The number of aromatic hydroxyl groups is 3. The third kappa shape index (κ3) is 6.72. The number of aryl methyl sites for hydroxylation is 1. The molecule has 0 radical (unpaired) electrons. The topological polar surface area (TPSA) is 236 Å². The Bertz CT molecular complexity index is 1170. The molecule has 0 amide bonds. The molecule has 0 saturated carbocycles. The Balaban J connectivity index is 1.52. The first kappa shape index (κ1) is 30.9. The summed E-state index contributed by atoms with van der Waals surface area (Å²) in [6.07, 6.45) is -15.3. The third-order valence-electron chi connectivity index (χ3n) is 7.10. The summed E-state index contributed by atoms with van der Waals surface area (Å²) < 4.78 is 22.2.